The van der Waals surface area contributed by atoms with Gasteiger partial charge in [-0.25, -0.2) is 9.18 Å². The lowest BCUT2D eigenvalue weighted by atomic mass is 10.0. The fourth-order valence-corrected chi connectivity index (χ4v) is 9.57. The first kappa shape index (κ1) is 44.2. The summed E-state index contributed by atoms with van der Waals surface area (Å²) < 4.78 is 43.2. The first-order valence-corrected chi connectivity index (χ1v) is 26.8. The zero-order valence-corrected chi connectivity index (χ0v) is 39.5. The number of rotatable bonds is 11. The van der Waals surface area contributed by atoms with Crippen molar-refractivity contribution >= 4 is 61.8 Å². The van der Waals surface area contributed by atoms with Crippen molar-refractivity contribution in [2.75, 3.05) is 31.2 Å². The van der Waals surface area contributed by atoms with Crippen molar-refractivity contribution in [2.45, 2.75) is 142 Å². The van der Waals surface area contributed by atoms with Gasteiger partial charge in [-0.05, 0) is 81.3 Å². The Morgan fingerprint density at radius 3 is 2.10 bits per heavy atom. The molecule has 2 aliphatic heterocycles. The van der Waals surface area contributed by atoms with Gasteiger partial charge in [0.25, 0.3) is 0 Å². The van der Waals surface area contributed by atoms with Crippen LogP contribution in [0.5, 0.6) is 6.01 Å². The molecule has 4 aromatic rings. The van der Waals surface area contributed by atoms with E-state index in [4.69, 9.17) is 44.9 Å². The summed E-state index contributed by atoms with van der Waals surface area (Å²) in [6.45, 7) is 29.6. The summed E-state index contributed by atoms with van der Waals surface area (Å²) in [6.07, 6.45) is 3.06. The third kappa shape index (κ3) is 9.33. The molecule has 4 heterocycles. The number of pyridine rings is 1. The molecule has 0 saturated carbocycles. The number of anilines is 1. The lowest BCUT2D eigenvalue weighted by Gasteiger charge is -2.42. The molecule has 0 N–H and O–H groups in total. The Morgan fingerprint density at radius 2 is 1.50 bits per heavy atom. The maximum Gasteiger partial charge on any atom is 0.410 e. The number of amides is 1. The minimum absolute atomic E-state index is 0.0142. The smallest absolute Gasteiger partial charge is 0.410 e. The van der Waals surface area contributed by atoms with E-state index in [0.717, 1.165) is 18.2 Å². The predicted octanol–water partition coefficient (Wildman–Crippen LogP) is 11.4. The van der Waals surface area contributed by atoms with Crippen molar-refractivity contribution < 1.29 is 27.5 Å². The van der Waals surface area contributed by atoms with Crippen molar-refractivity contribution in [3.63, 3.8) is 0 Å². The summed E-state index contributed by atoms with van der Waals surface area (Å²) in [5.74, 6) is -0.0830. The standard InChI is InChI=1S/C44H63ClFN5O5Si2/c1-42(2,3)56-41(52)51-29-20-21-30(51)26-50(25-29)39-33-24-47-37(32-18-14-16-28-17-15-19-34(45)35(28)32)36(46)38(33)48-40(49-39)55-31(27-54-58(12,13)44(7,8)9)22-23-53-57(10,11)43(4,5)6/h14-19,24,29-31H,20-23,25-27H2,1-13H3/t29-,30+,31-/m0/s1. The third-order valence-electron chi connectivity index (χ3n) is 12.6. The van der Waals surface area contributed by atoms with E-state index in [1.165, 1.54) is 0 Å². The van der Waals surface area contributed by atoms with E-state index in [9.17, 15) is 4.79 Å². The molecule has 10 nitrogen and oxygen atoms in total. The number of fused-ring (bicyclic) bond motifs is 4. The van der Waals surface area contributed by atoms with Gasteiger partial charge in [-0.3, -0.25) is 9.88 Å². The fourth-order valence-electron chi connectivity index (χ4n) is 7.19. The molecule has 2 fully saturated rings. The Balaban J connectivity index is 1.43. The largest absolute Gasteiger partial charge is 0.458 e. The predicted molar refractivity (Wildman–Crippen MR) is 238 cm³/mol. The highest BCUT2D eigenvalue weighted by atomic mass is 35.5. The molecule has 0 spiro atoms. The summed E-state index contributed by atoms with van der Waals surface area (Å²) in [6, 6.07) is 11.1. The molecular formula is C44H63ClFN5O5Si2. The van der Waals surface area contributed by atoms with Crippen LogP contribution in [0.4, 0.5) is 15.0 Å². The molecule has 2 aromatic carbocycles. The van der Waals surface area contributed by atoms with Crippen LogP contribution in [0.1, 0.15) is 81.6 Å². The Kier molecular flexibility index (Phi) is 12.4. The van der Waals surface area contributed by atoms with Gasteiger partial charge in [0.2, 0.25) is 0 Å². The van der Waals surface area contributed by atoms with Crippen LogP contribution in [0.2, 0.25) is 41.3 Å². The van der Waals surface area contributed by atoms with Crippen molar-refractivity contribution in [3.8, 4) is 17.3 Å². The minimum Gasteiger partial charge on any atom is -0.458 e. The van der Waals surface area contributed by atoms with Gasteiger partial charge in [0.1, 0.15) is 28.7 Å². The highest BCUT2D eigenvalue weighted by Gasteiger charge is 2.45. The minimum atomic E-state index is -2.18. The van der Waals surface area contributed by atoms with Crippen LogP contribution >= 0.6 is 11.6 Å². The van der Waals surface area contributed by atoms with Gasteiger partial charge >= 0.3 is 12.1 Å². The Morgan fingerprint density at radius 1 is 0.897 bits per heavy atom. The monoisotopic (exact) mass is 851 g/mol. The van der Waals surface area contributed by atoms with Gasteiger partial charge in [0.05, 0.1) is 24.1 Å². The lowest BCUT2D eigenvalue weighted by Crippen LogP contribution is -2.57. The Bertz CT molecular complexity index is 2130. The normalized spacial score (nSPS) is 18.6. The van der Waals surface area contributed by atoms with E-state index < -0.39 is 34.2 Å². The molecular weight excluding hydrogens is 789 g/mol. The molecule has 2 bridgehead atoms. The maximum absolute atomic E-state index is 17.3. The molecule has 0 unspecified atom stereocenters. The first-order chi connectivity index (χ1) is 26.9. The van der Waals surface area contributed by atoms with Crippen LogP contribution < -0.4 is 9.64 Å². The highest BCUT2D eigenvalue weighted by Crippen LogP contribution is 2.41. The lowest BCUT2D eigenvalue weighted by molar-refractivity contribution is 0.0122. The number of hydrogen-bond donors (Lipinski definition) is 0. The number of carbonyl (C=O) groups excluding carboxylic acids is 1. The van der Waals surface area contributed by atoms with Crippen molar-refractivity contribution in [3.05, 3.63) is 53.4 Å². The summed E-state index contributed by atoms with van der Waals surface area (Å²) >= 11 is 6.72. The molecule has 2 saturated heterocycles. The number of piperazine rings is 1. The molecule has 0 radical (unpaired) electrons. The van der Waals surface area contributed by atoms with Crippen LogP contribution in [-0.2, 0) is 13.6 Å². The number of halogens is 2. The molecule has 2 aromatic heterocycles. The average molecular weight is 853 g/mol. The van der Waals surface area contributed by atoms with Gasteiger partial charge in [0, 0.05) is 48.3 Å². The van der Waals surface area contributed by atoms with Gasteiger partial charge in [-0.15, -0.1) is 0 Å². The number of ether oxygens (including phenoxy) is 2. The number of hydrogen-bond acceptors (Lipinski definition) is 9. The van der Waals surface area contributed by atoms with E-state index in [1.807, 2.05) is 56.0 Å². The van der Waals surface area contributed by atoms with Gasteiger partial charge < -0.3 is 23.2 Å². The molecule has 1 amide bonds. The van der Waals surface area contributed by atoms with Gasteiger partial charge in [-0.1, -0.05) is 83.5 Å². The van der Waals surface area contributed by atoms with E-state index in [0.29, 0.717) is 59.9 Å². The molecule has 2 aliphatic rings. The molecule has 6 rings (SSSR count). The van der Waals surface area contributed by atoms with Crippen molar-refractivity contribution in [2.24, 2.45) is 0 Å². The Labute approximate surface area is 351 Å². The summed E-state index contributed by atoms with van der Waals surface area (Å²) in [4.78, 5) is 32.0. The average Bonchev–Trinajstić information content (AvgIpc) is 3.38. The van der Waals surface area contributed by atoms with Crippen LogP contribution in [-0.4, -0.2) is 92.7 Å². The Hall–Kier alpha value is -3.37. The van der Waals surface area contributed by atoms with E-state index in [1.54, 1.807) is 12.3 Å². The topological polar surface area (TPSA) is 99.1 Å². The number of benzene rings is 2. The number of carbonyl (C=O) groups is 1. The highest BCUT2D eigenvalue weighted by molar-refractivity contribution is 6.74. The zero-order valence-electron chi connectivity index (χ0n) is 36.8. The molecule has 58 heavy (non-hydrogen) atoms. The second kappa shape index (κ2) is 16.2. The quantitative estimate of drug-likeness (QED) is 0.137. The van der Waals surface area contributed by atoms with Crippen molar-refractivity contribution in [1.82, 2.24) is 19.9 Å². The summed E-state index contributed by atoms with van der Waals surface area (Å²) in [5.41, 5.74) is 0.186. The molecule has 14 heteroatoms. The van der Waals surface area contributed by atoms with Crippen LogP contribution in [0.25, 0.3) is 32.9 Å². The van der Waals surface area contributed by atoms with Crippen LogP contribution in [0, 0.1) is 5.82 Å². The van der Waals surface area contributed by atoms with Crippen molar-refractivity contribution in [1.29, 1.82) is 0 Å². The number of aromatic nitrogens is 3. The first-order valence-electron chi connectivity index (χ1n) is 20.6. The zero-order chi connectivity index (χ0) is 42.6. The van der Waals surface area contributed by atoms with Crippen LogP contribution in [0.3, 0.4) is 0 Å². The maximum atomic E-state index is 17.3. The van der Waals surface area contributed by atoms with E-state index >= 15 is 4.39 Å². The van der Waals surface area contributed by atoms with Crippen LogP contribution in [0.15, 0.2) is 42.6 Å². The second-order valence-corrected chi connectivity index (χ2v) is 30.1. The third-order valence-corrected chi connectivity index (χ3v) is 21.9. The SMILES string of the molecule is CC(C)(C)OC(=O)N1[C@@H]2CC[C@H]1CN(c1nc(O[C@@H](CCO[Si](C)(C)C(C)(C)C)CO[Si](C)(C)C(C)(C)C)nc3c(F)c(-c4cccc5cccc(Cl)c45)ncc13)C2. The van der Waals surface area contributed by atoms with Gasteiger partial charge in [-0.2, -0.15) is 9.97 Å². The van der Waals surface area contributed by atoms with Gasteiger partial charge in [0.15, 0.2) is 22.5 Å². The van der Waals surface area contributed by atoms with E-state index in [-0.39, 0.29) is 45.5 Å². The molecule has 316 valence electrons. The second-order valence-electron chi connectivity index (χ2n) is 20.0. The summed E-state index contributed by atoms with van der Waals surface area (Å²) in [5, 5.41) is 2.58. The molecule has 3 atom stereocenters. The summed E-state index contributed by atoms with van der Waals surface area (Å²) in [7, 11) is -4.23. The van der Waals surface area contributed by atoms with E-state index in [2.05, 4.69) is 72.6 Å². The number of nitrogens with zero attached hydrogens (tertiary/aromatic N) is 5. The molecule has 0 aliphatic carbocycles. The fraction of sp³-hybridized carbons (Fsp3) is 0.591.